The van der Waals surface area contributed by atoms with Gasteiger partial charge in [0.15, 0.2) is 0 Å². The summed E-state index contributed by atoms with van der Waals surface area (Å²) in [6.45, 7) is 2.19. The second-order valence-corrected chi connectivity index (χ2v) is 3.55. The Hall–Kier alpha value is -2.42. The third-order valence-corrected chi connectivity index (χ3v) is 1.77. The Labute approximate surface area is 109 Å². The first kappa shape index (κ1) is 16.6. The zero-order valence-electron chi connectivity index (χ0n) is 10.2. The van der Waals surface area contributed by atoms with Gasteiger partial charge in [-0.05, 0) is 0 Å². The first-order chi connectivity index (χ1) is 8.85. The van der Waals surface area contributed by atoms with E-state index < -0.39 is 43.4 Å². The zero-order valence-corrected chi connectivity index (χ0v) is 10.2. The van der Waals surface area contributed by atoms with Crippen LogP contribution in [0.4, 0.5) is 4.79 Å². The van der Waals surface area contributed by atoms with E-state index in [1.807, 2.05) is 5.32 Å². The highest BCUT2D eigenvalue weighted by molar-refractivity contribution is 5.95. The van der Waals surface area contributed by atoms with E-state index in [9.17, 15) is 19.2 Å². The molecule has 0 saturated heterocycles. The van der Waals surface area contributed by atoms with Crippen LogP contribution in [0.25, 0.3) is 0 Å². The van der Waals surface area contributed by atoms with Crippen LogP contribution in [0.1, 0.15) is 0 Å². The van der Waals surface area contributed by atoms with Crippen LogP contribution in [0.3, 0.4) is 0 Å². The highest BCUT2D eigenvalue weighted by Gasteiger charge is 2.17. The molecular weight excluding hydrogens is 256 g/mol. The molecule has 0 aromatic heterocycles. The molecule has 0 fully saturated rings. The van der Waals surface area contributed by atoms with Crippen LogP contribution in [0, 0.1) is 0 Å². The Bertz CT molecular complexity index is 366. The van der Waals surface area contributed by atoms with Gasteiger partial charge in [-0.2, -0.15) is 0 Å². The van der Waals surface area contributed by atoms with E-state index >= 15 is 0 Å². The van der Waals surface area contributed by atoms with Crippen molar-refractivity contribution in [3.8, 4) is 0 Å². The standard InChI is InChI=1S/C10H16N4O5/c1-2-3-12-10(19)13-8(16)5-14(4-7(11)15)6-9(17)18/h2H,1,3-6H2,(H2,11,15)(H,17,18)(H2,12,13,16,19). The monoisotopic (exact) mass is 272 g/mol. The summed E-state index contributed by atoms with van der Waals surface area (Å²) in [6.07, 6.45) is 1.42. The van der Waals surface area contributed by atoms with Crippen LogP contribution in [-0.4, -0.2) is 60.0 Å². The highest BCUT2D eigenvalue weighted by atomic mass is 16.4. The molecule has 0 saturated carbocycles. The largest absolute Gasteiger partial charge is 0.480 e. The summed E-state index contributed by atoms with van der Waals surface area (Å²) in [6, 6.07) is -0.737. The van der Waals surface area contributed by atoms with Gasteiger partial charge in [-0.15, -0.1) is 6.58 Å². The fraction of sp³-hybridized carbons (Fsp3) is 0.400. The number of aliphatic carboxylic acids is 1. The SMILES string of the molecule is C=CCNC(=O)NC(=O)CN(CC(N)=O)CC(=O)O. The minimum absolute atomic E-state index is 0.180. The van der Waals surface area contributed by atoms with Crippen molar-refractivity contribution in [3.63, 3.8) is 0 Å². The quantitative estimate of drug-likeness (QED) is 0.372. The predicted molar refractivity (Wildman–Crippen MR) is 65.0 cm³/mol. The van der Waals surface area contributed by atoms with Gasteiger partial charge in [0.25, 0.3) is 0 Å². The van der Waals surface area contributed by atoms with Gasteiger partial charge in [-0.25, -0.2) is 4.79 Å². The lowest BCUT2D eigenvalue weighted by molar-refractivity contribution is -0.139. The average molecular weight is 272 g/mol. The van der Waals surface area contributed by atoms with Crippen LogP contribution >= 0.6 is 0 Å². The number of carbonyl (C=O) groups excluding carboxylic acids is 3. The molecule has 19 heavy (non-hydrogen) atoms. The van der Waals surface area contributed by atoms with Crippen molar-refractivity contribution < 1.29 is 24.3 Å². The van der Waals surface area contributed by atoms with Gasteiger partial charge < -0.3 is 16.2 Å². The number of hydrogen-bond acceptors (Lipinski definition) is 5. The van der Waals surface area contributed by atoms with Gasteiger partial charge in [0, 0.05) is 6.54 Å². The number of rotatable bonds is 8. The maximum absolute atomic E-state index is 11.4. The van der Waals surface area contributed by atoms with Crippen LogP contribution in [0.2, 0.25) is 0 Å². The lowest BCUT2D eigenvalue weighted by atomic mass is 10.4. The number of amides is 4. The molecule has 0 aromatic carbocycles. The third-order valence-electron chi connectivity index (χ3n) is 1.77. The number of nitrogens with zero attached hydrogens (tertiary/aromatic N) is 1. The highest BCUT2D eigenvalue weighted by Crippen LogP contribution is 1.88. The number of urea groups is 1. The first-order valence-corrected chi connectivity index (χ1v) is 5.26. The summed E-state index contributed by atoms with van der Waals surface area (Å²) in [7, 11) is 0. The van der Waals surface area contributed by atoms with Crippen LogP contribution in [0.15, 0.2) is 12.7 Å². The molecule has 0 spiro atoms. The average Bonchev–Trinajstić information content (AvgIpc) is 2.23. The molecule has 0 atom stereocenters. The first-order valence-electron chi connectivity index (χ1n) is 5.26. The number of nitrogens with one attached hydrogen (secondary N) is 2. The second-order valence-electron chi connectivity index (χ2n) is 3.55. The summed E-state index contributed by atoms with van der Waals surface area (Å²) >= 11 is 0. The minimum atomic E-state index is -1.22. The van der Waals surface area contributed by atoms with E-state index in [1.54, 1.807) is 0 Å². The molecule has 0 aromatic rings. The van der Waals surface area contributed by atoms with Gasteiger partial charge >= 0.3 is 12.0 Å². The summed E-state index contributed by atoms with van der Waals surface area (Å²) in [5.74, 6) is -2.74. The molecule has 5 N–H and O–H groups in total. The summed E-state index contributed by atoms with van der Waals surface area (Å²) in [5, 5.41) is 12.9. The van der Waals surface area contributed by atoms with E-state index in [0.29, 0.717) is 0 Å². The van der Waals surface area contributed by atoms with Crippen molar-refractivity contribution in [2.24, 2.45) is 5.73 Å². The number of carboxylic acids is 1. The number of nitrogens with two attached hydrogens (primary N) is 1. The van der Waals surface area contributed by atoms with Crippen molar-refractivity contribution in [2.45, 2.75) is 0 Å². The Morgan fingerprint density at radius 3 is 2.32 bits per heavy atom. The number of hydrogen-bond donors (Lipinski definition) is 4. The summed E-state index contributed by atoms with van der Waals surface area (Å²) in [5.41, 5.74) is 4.92. The van der Waals surface area contributed by atoms with Gasteiger partial charge in [0.1, 0.15) is 0 Å². The van der Waals surface area contributed by atoms with Crippen molar-refractivity contribution >= 4 is 23.8 Å². The molecule has 0 aliphatic carbocycles. The van der Waals surface area contributed by atoms with E-state index in [1.165, 1.54) is 6.08 Å². The summed E-state index contributed by atoms with van der Waals surface area (Å²) in [4.78, 5) is 44.7. The minimum Gasteiger partial charge on any atom is -0.480 e. The van der Waals surface area contributed by atoms with Crippen molar-refractivity contribution in [3.05, 3.63) is 12.7 Å². The maximum atomic E-state index is 11.4. The fourth-order valence-corrected chi connectivity index (χ4v) is 1.16. The van der Waals surface area contributed by atoms with Gasteiger partial charge in [0.2, 0.25) is 11.8 Å². The molecule has 0 aliphatic heterocycles. The molecular formula is C10H16N4O5. The van der Waals surface area contributed by atoms with Crippen LogP contribution in [-0.2, 0) is 14.4 Å². The van der Waals surface area contributed by atoms with E-state index in [4.69, 9.17) is 10.8 Å². The normalized spacial score (nSPS) is 9.74. The van der Waals surface area contributed by atoms with Crippen molar-refractivity contribution in [1.82, 2.24) is 15.5 Å². The lowest BCUT2D eigenvalue weighted by Crippen LogP contribution is -2.47. The summed E-state index contributed by atoms with van der Waals surface area (Å²) < 4.78 is 0. The number of carboxylic acid groups (broad SMARTS) is 1. The van der Waals surface area contributed by atoms with Crippen molar-refractivity contribution in [1.29, 1.82) is 0 Å². The van der Waals surface area contributed by atoms with Crippen LogP contribution < -0.4 is 16.4 Å². The van der Waals surface area contributed by atoms with Gasteiger partial charge in [-0.1, -0.05) is 6.08 Å². The van der Waals surface area contributed by atoms with Crippen LogP contribution in [0.5, 0.6) is 0 Å². The Kier molecular flexibility index (Phi) is 7.54. The Morgan fingerprint density at radius 2 is 1.84 bits per heavy atom. The molecule has 0 bridgehead atoms. The molecule has 4 amide bonds. The smallest absolute Gasteiger partial charge is 0.321 e. The maximum Gasteiger partial charge on any atom is 0.321 e. The molecule has 106 valence electrons. The third kappa shape index (κ3) is 9.30. The molecule has 0 radical (unpaired) electrons. The van der Waals surface area contributed by atoms with E-state index in [-0.39, 0.29) is 6.54 Å². The number of imide groups is 1. The van der Waals surface area contributed by atoms with Gasteiger partial charge in [-0.3, -0.25) is 24.6 Å². The molecule has 0 aliphatic rings. The zero-order chi connectivity index (χ0) is 14.8. The molecule has 0 heterocycles. The lowest BCUT2D eigenvalue weighted by Gasteiger charge is -2.17. The van der Waals surface area contributed by atoms with Gasteiger partial charge in [0.05, 0.1) is 19.6 Å². The fourth-order valence-electron chi connectivity index (χ4n) is 1.16. The molecule has 0 unspecified atom stereocenters. The second kappa shape index (κ2) is 8.64. The molecule has 0 rings (SSSR count). The van der Waals surface area contributed by atoms with Crippen molar-refractivity contribution in [2.75, 3.05) is 26.2 Å². The topological polar surface area (TPSA) is 142 Å². The Balaban J connectivity index is 4.28. The number of carbonyl (C=O) groups is 4. The predicted octanol–water partition coefficient (Wildman–Crippen LogP) is -2.13. The molecule has 9 heteroatoms. The molecule has 9 nitrogen and oxygen atoms in total. The van der Waals surface area contributed by atoms with E-state index in [0.717, 1.165) is 4.90 Å². The Morgan fingerprint density at radius 1 is 1.21 bits per heavy atom. The van der Waals surface area contributed by atoms with E-state index in [2.05, 4.69) is 11.9 Å². The number of primary amides is 1.